The summed E-state index contributed by atoms with van der Waals surface area (Å²) in [7, 11) is 4.41. The molecule has 0 saturated carbocycles. The van der Waals surface area contributed by atoms with Crippen molar-refractivity contribution in [3.05, 3.63) is 89.3 Å². The van der Waals surface area contributed by atoms with Gasteiger partial charge < -0.3 is 33.1 Å². The zero-order valence-corrected chi connectivity index (χ0v) is 19.8. The van der Waals surface area contributed by atoms with E-state index in [-0.39, 0.29) is 17.9 Å². The largest absolute Gasteiger partial charge is 0.503 e. The van der Waals surface area contributed by atoms with Crippen molar-refractivity contribution in [2.75, 3.05) is 21.3 Å². The first-order valence-corrected chi connectivity index (χ1v) is 11.1. The fourth-order valence-corrected chi connectivity index (χ4v) is 4.45. The van der Waals surface area contributed by atoms with Gasteiger partial charge in [-0.25, -0.2) is 0 Å². The molecule has 2 aromatic heterocycles. The lowest BCUT2D eigenvalue weighted by Gasteiger charge is -2.27. The Morgan fingerprint density at radius 1 is 1.00 bits per heavy atom. The molecule has 1 N–H and O–H groups in total. The van der Waals surface area contributed by atoms with Crippen LogP contribution in [0.15, 0.2) is 81.0 Å². The summed E-state index contributed by atoms with van der Waals surface area (Å²) in [5, 5.41) is 11.7. The van der Waals surface area contributed by atoms with Crippen molar-refractivity contribution < 1.29 is 37.7 Å². The molecule has 2 aromatic carbocycles. The molecule has 0 bridgehead atoms. The van der Waals surface area contributed by atoms with Crippen molar-refractivity contribution in [2.24, 2.45) is 0 Å². The standard InChI is InChI=1S/C27H23NO8/c1-32-20-12-16(13-21(33-2)26(20)34-3)23-22(24(29)19-11-15-7-4-5-9-18(15)36-19)25(30)27(31)28(23)14-17-8-6-10-35-17/h4-13,23,30H,14H2,1-3H3. The van der Waals surface area contributed by atoms with Crippen LogP contribution in [-0.2, 0) is 11.3 Å². The van der Waals surface area contributed by atoms with Crippen molar-refractivity contribution in [1.82, 2.24) is 4.90 Å². The molecule has 0 fully saturated rings. The molecule has 1 unspecified atom stereocenters. The number of benzene rings is 2. The Labute approximate surface area is 206 Å². The first-order chi connectivity index (χ1) is 17.5. The summed E-state index contributed by atoms with van der Waals surface area (Å²) in [5.41, 5.74) is 0.856. The van der Waals surface area contributed by atoms with Crippen LogP contribution in [0.3, 0.4) is 0 Å². The van der Waals surface area contributed by atoms with Gasteiger partial charge in [-0.15, -0.1) is 0 Å². The Balaban J connectivity index is 1.67. The Hall–Kier alpha value is -4.66. The molecule has 0 saturated heterocycles. The van der Waals surface area contributed by atoms with Crippen LogP contribution in [0.5, 0.6) is 17.2 Å². The number of Topliss-reactive ketones (excluding diaryl/α,β-unsaturated/α-hetero) is 1. The molecule has 1 aliphatic rings. The number of fused-ring (bicyclic) bond motifs is 1. The number of aliphatic hydroxyl groups excluding tert-OH is 1. The Morgan fingerprint density at radius 2 is 1.72 bits per heavy atom. The molecule has 1 aliphatic heterocycles. The molecule has 9 heteroatoms. The van der Waals surface area contributed by atoms with E-state index in [1.54, 1.807) is 42.5 Å². The number of nitrogens with zero attached hydrogens (tertiary/aromatic N) is 1. The van der Waals surface area contributed by atoms with Gasteiger partial charge in [0, 0.05) is 5.39 Å². The number of carbonyl (C=O) groups excluding carboxylic acids is 2. The fourth-order valence-electron chi connectivity index (χ4n) is 4.45. The van der Waals surface area contributed by atoms with E-state index in [4.69, 9.17) is 23.0 Å². The fraction of sp³-hybridized carbons (Fsp3) is 0.185. The van der Waals surface area contributed by atoms with E-state index < -0.39 is 23.5 Å². The summed E-state index contributed by atoms with van der Waals surface area (Å²) < 4.78 is 27.6. The van der Waals surface area contributed by atoms with E-state index in [1.165, 1.54) is 32.5 Å². The van der Waals surface area contributed by atoms with Gasteiger partial charge in [0.2, 0.25) is 11.5 Å². The van der Waals surface area contributed by atoms with Crippen molar-refractivity contribution in [3.8, 4) is 17.2 Å². The lowest BCUT2D eigenvalue weighted by Crippen LogP contribution is -2.30. The Kier molecular flexibility index (Phi) is 5.89. The minimum atomic E-state index is -0.989. The first kappa shape index (κ1) is 23.1. The number of rotatable bonds is 8. The number of hydrogen-bond acceptors (Lipinski definition) is 8. The average Bonchev–Trinajstić information content (AvgIpc) is 3.63. The number of ether oxygens (including phenoxy) is 3. The van der Waals surface area contributed by atoms with Crippen LogP contribution in [-0.4, -0.2) is 43.0 Å². The van der Waals surface area contributed by atoms with Crippen LogP contribution in [0.1, 0.15) is 27.9 Å². The number of hydrogen-bond donors (Lipinski definition) is 1. The van der Waals surface area contributed by atoms with Gasteiger partial charge in [-0.3, -0.25) is 9.59 Å². The minimum Gasteiger partial charge on any atom is -0.503 e. The number of ketones is 1. The molecule has 36 heavy (non-hydrogen) atoms. The first-order valence-electron chi connectivity index (χ1n) is 11.1. The van der Waals surface area contributed by atoms with E-state index in [1.807, 2.05) is 12.1 Å². The highest BCUT2D eigenvalue weighted by Crippen LogP contribution is 2.46. The van der Waals surface area contributed by atoms with E-state index in [9.17, 15) is 14.7 Å². The Morgan fingerprint density at radius 3 is 2.33 bits per heavy atom. The zero-order chi connectivity index (χ0) is 25.4. The molecule has 9 nitrogen and oxygen atoms in total. The molecule has 1 amide bonds. The predicted octanol–water partition coefficient (Wildman–Crippen LogP) is 4.83. The number of aliphatic hydroxyl groups is 1. The van der Waals surface area contributed by atoms with Crippen molar-refractivity contribution in [3.63, 3.8) is 0 Å². The normalized spacial score (nSPS) is 15.6. The molecule has 184 valence electrons. The van der Waals surface area contributed by atoms with Crippen molar-refractivity contribution in [1.29, 1.82) is 0 Å². The number of methoxy groups -OCH3 is 3. The third-order valence-corrected chi connectivity index (χ3v) is 6.11. The lowest BCUT2D eigenvalue weighted by molar-refractivity contribution is -0.130. The molecule has 5 rings (SSSR count). The number of para-hydroxylation sites is 1. The average molecular weight is 489 g/mol. The van der Waals surface area contributed by atoms with Crippen LogP contribution in [0.25, 0.3) is 11.0 Å². The third-order valence-electron chi connectivity index (χ3n) is 6.11. The molecule has 3 heterocycles. The molecule has 0 spiro atoms. The zero-order valence-electron chi connectivity index (χ0n) is 19.8. The quantitative estimate of drug-likeness (QED) is 0.350. The van der Waals surface area contributed by atoms with Crippen LogP contribution < -0.4 is 14.2 Å². The van der Waals surface area contributed by atoms with Crippen molar-refractivity contribution in [2.45, 2.75) is 12.6 Å². The van der Waals surface area contributed by atoms with Crippen LogP contribution >= 0.6 is 0 Å². The van der Waals surface area contributed by atoms with Gasteiger partial charge >= 0.3 is 0 Å². The van der Waals surface area contributed by atoms with E-state index >= 15 is 0 Å². The SMILES string of the molecule is COc1cc(C2C(C(=O)c3cc4ccccc4o3)=C(O)C(=O)N2Cc2ccco2)cc(OC)c1OC. The second kappa shape index (κ2) is 9.18. The van der Waals surface area contributed by atoms with Gasteiger partial charge in [0.15, 0.2) is 23.0 Å². The van der Waals surface area contributed by atoms with Crippen molar-refractivity contribution >= 4 is 22.7 Å². The molecule has 0 radical (unpaired) electrons. The summed E-state index contributed by atoms with van der Waals surface area (Å²) >= 11 is 0. The van der Waals surface area contributed by atoms with Gasteiger partial charge in [-0.05, 0) is 42.0 Å². The molecule has 0 aliphatic carbocycles. The summed E-state index contributed by atoms with van der Waals surface area (Å²) in [5.74, 6) is -0.496. The monoisotopic (exact) mass is 489 g/mol. The van der Waals surface area contributed by atoms with E-state index in [0.717, 1.165) is 5.39 Å². The number of carbonyl (C=O) groups is 2. The maximum atomic E-state index is 13.7. The van der Waals surface area contributed by atoms with Gasteiger partial charge in [-0.1, -0.05) is 18.2 Å². The topological polar surface area (TPSA) is 112 Å². The smallest absolute Gasteiger partial charge is 0.290 e. The number of furan rings is 2. The van der Waals surface area contributed by atoms with E-state index in [2.05, 4.69) is 0 Å². The second-order valence-corrected chi connectivity index (χ2v) is 8.11. The van der Waals surface area contributed by atoms with Crippen LogP contribution in [0.4, 0.5) is 0 Å². The van der Waals surface area contributed by atoms with Crippen LogP contribution in [0.2, 0.25) is 0 Å². The molecular formula is C27H23NO8. The summed E-state index contributed by atoms with van der Waals surface area (Å²) in [6.45, 7) is 0.00807. The highest BCUT2D eigenvalue weighted by atomic mass is 16.5. The summed E-state index contributed by atoms with van der Waals surface area (Å²) in [6.07, 6.45) is 1.48. The lowest BCUT2D eigenvalue weighted by atomic mass is 9.94. The van der Waals surface area contributed by atoms with E-state index in [0.29, 0.717) is 34.2 Å². The summed E-state index contributed by atoms with van der Waals surface area (Å²) in [4.78, 5) is 28.4. The summed E-state index contributed by atoms with van der Waals surface area (Å²) in [6, 6.07) is 14.4. The minimum absolute atomic E-state index is 0.00263. The molecular weight excluding hydrogens is 466 g/mol. The van der Waals surface area contributed by atoms with Gasteiger partial charge in [0.25, 0.3) is 5.91 Å². The highest BCUT2D eigenvalue weighted by Gasteiger charge is 2.45. The second-order valence-electron chi connectivity index (χ2n) is 8.11. The van der Waals surface area contributed by atoms with Crippen LogP contribution in [0, 0.1) is 0 Å². The maximum Gasteiger partial charge on any atom is 0.290 e. The third kappa shape index (κ3) is 3.74. The highest BCUT2D eigenvalue weighted by molar-refractivity contribution is 6.16. The maximum absolute atomic E-state index is 13.7. The molecule has 4 aromatic rings. The Bertz CT molecular complexity index is 1420. The van der Waals surface area contributed by atoms with Gasteiger partial charge in [0.05, 0.1) is 45.8 Å². The van der Waals surface area contributed by atoms with Gasteiger partial charge in [0.1, 0.15) is 11.3 Å². The molecule has 1 atom stereocenters. The number of amides is 1. The predicted molar refractivity (Wildman–Crippen MR) is 128 cm³/mol. The van der Waals surface area contributed by atoms with Gasteiger partial charge in [-0.2, -0.15) is 0 Å².